The molecule has 0 aromatic heterocycles. The van der Waals surface area contributed by atoms with Crippen LogP contribution in [0.5, 0.6) is 0 Å². The number of carbonyl (C=O) groups is 3. The Morgan fingerprint density at radius 1 is 1.00 bits per heavy atom. The third-order valence-corrected chi connectivity index (χ3v) is 3.77. The Morgan fingerprint density at radius 3 is 1.96 bits per heavy atom. The lowest BCUT2D eigenvalue weighted by Crippen LogP contribution is -3.17. The summed E-state index contributed by atoms with van der Waals surface area (Å²) in [5.74, 6) is -0.361. The van der Waals surface area contributed by atoms with Crippen LogP contribution in [0.4, 0.5) is 11.4 Å². The van der Waals surface area contributed by atoms with Gasteiger partial charge in [-0.1, -0.05) is 0 Å². The predicted molar refractivity (Wildman–Crippen MR) is 98.5 cm³/mol. The van der Waals surface area contributed by atoms with E-state index < -0.39 is 0 Å². The van der Waals surface area contributed by atoms with Crippen LogP contribution in [0.3, 0.4) is 0 Å². The number of benzene rings is 1. The van der Waals surface area contributed by atoms with Gasteiger partial charge in [0.15, 0.2) is 12.6 Å². The second-order valence-corrected chi connectivity index (χ2v) is 6.38. The maximum Gasteiger partial charge on any atom is 0.279 e. The van der Waals surface area contributed by atoms with Crippen LogP contribution in [0.25, 0.3) is 0 Å². The molecule has 1 aromatic carbocycles. The average Bonchev–Trinajstić information content (AvgIpc) is 2.52. The third-order valence-electron chi connectivity index (χ3n) is 3.77. The number of quaternary nitrogens is 1. The third kappa shape index (κ3) is 7.34. The van der Waals surface area contributed by atoms with E-state index in [1.165, 1.54) is 6.92 Å². The van der Waals surface area contributed by atoms with E-state index in [2.05, 4.69) is 16.0 Å². The molecule has 0 spiro atoms. The predicted octanol–water partition coefficient (Wildman–Crippen LogP) is 0.401. The first-order valence-corrected chi connectivity index (χ1v) is 8.55. The van der Waals surface area contributed by atoms with Crippen molar-refractivity contribution in [3.8, 4) is 0 Å². The number of likely N-dealkylation sites (N-methyl/N-ethyl adjacent to an activating group) is 1. The molecule has 0 fully saturated rings. The van der Waals surface area contributed by atoms with Gasteiger partial charge in [-0.05, 0) is 52.0 Å². The fourth-order valence-electron chi connectivity index (χ4n) is 2.43. The molecule has 0 heterocycles. The standard InChI is InChI=1S/C18H28N4O3/c1-6-22(13(4)18(25)19-12(2)3)11-17(24)21-16-9-7-15(8-10-16)20-14(5)23/h7-10,12-13H,6,11H2,1-5H3,(H,19,25)(H,20,23)(H,21,24)/p+1/t13-/m1/s1. The van der Waals surface area contributed by atoms with Crippen molar-refractivity contribution in [2.75, 3.05) is 23.7 Å². The number of rotatable bonds is 8. The average molecular weight is 349 g/mol. The zero-order valence-electron chi connectivity index (χ0n) is 15.6. The van der Waals surface area contributed by atoms with Gasteiger partial charge in [0.05, 0.1) is 6.54 Å². The molecule has 0 radical (unpaired) electrons. The Hall–Kier alpha value is -2.41. The number of anilines is 2. The molecule has 7 nitrogen and oxygen atoms in total. The number of hydrogen-bond donors (Lipinski definition) is 4. The van der Waals surface area contributed by atoms with Crippen LogP contribution in [0.2, 0.25) is 0 Å². The van der Waals surface area contributed by atoms with Crippen LogP contribution >= 0.6 is 0 Å². The molecule has 1 aromatic rings. The monoisotopic (exact) mass is 349 g/mol. The van der Waals surface area contributed by atoms with E-state index in [1.807, 2.05) is 27.7 Å². The summed E-state index contributed by atoms with van der Waals surface area (Å²) in [5, 5.41) is 8.36. The molecule has 0 aliphatic heterocycles. The lowest BCUT2D eigenvalue weighted by atomic mass is 10.2. The minimum atomic E-state index is -0.305. The Balaban J connectivity index is 2.61. The first-order valence-electron chi connectivity index (χ1n) is 8.55. The van der Waals surface area contributed by atoms with E-state index in [-0.39, 0.29) is 36.3 Å². The Morgan fingerprint density at radius 2 is 1.52 bits per heavy atom. The van der Waals surface area contributed by atoms with E-state index in [1.54, 1.807) is 24.3 Å². The molecule has 2 atom stereocenters. The second-order valence-electron chi connectivity index (χ2n) is 6.38. The van der Waals surface area contributed by atoms with Gasteiger partial charge in [-0.3, -0.25) is 14.4 Å². The SMILES string of the molecule is CC[NH+](CC(=O)Nc1ccc(NC(C)=O)cc1)[C@H](C)C(=O)NC(C)C. The zero-order valence-corrected chi connectivity index (χ0v) is 15.6. The first kappa shape index (κ1) is 20.6. The van der Waals surface area contributed by atoms with Gasteiger partial charge in [0.25, 0.3) is 11.8 Å². The highest BCUT2D eigenvalue weighted by Gasteiger charge is 2.26. The number of carbonyl (C=O) groups excluding carboxylic acids is 3. The summed E-state index contributed by atoms with van der Waals surface area (Å²) in [6, 6.07) is 6.66. The van der Waals surface area contributed by atoms with Crippen LogP contribution in [0.15, 0.2) is 24.3 Å². The van der Waals surface area contributed by atoms with E-state index in [4.69, 9.17) is 0 Å². The van der Waals surface area contributed by atoms with Gasteiger partial charge in [0.1, 0.15) is 0 Å². The van der Waals surface area contributed by atoms with Crippen LogP contribution < -0.4 is 20.9 Å². The summed E-state index contributed by atoms with van der Waals surface area (Å²) in [4.78, 5) is 36.3. The second kappa shape index (κ2) is 9.78. The van der Waals surface area contributed by atoms with Gasteiger partial charge < -0.3 is 20.9 Å². The number of nitrogens with one attached hydrogen (secondary N) is 4. The lowest BCUT2D eigenvalue weighted by molar-refractivity contribution is -0.904. The molecule has 0 aliphatic rings. The van der Waals surface area contributed by atoms with E-state index in [0.29, 0.717) is 17.9 Å². The summed E-state index contributed by atoms with van der Waals surface area (Å²) in [5.41, 5.74) is 1.32. The van der Waals surface area contributed by atoms with Crippen molar-refractivity contribution in [3.63, 3.8) is 0 Å². The molecule has 138 valence electrons. The van der Waals surface area contributed by atoms with Crippen molar-refractivity contribution in [2.24, 2.45) is 0 Å². The van der Waals surface area contributed by atoms with Crippen molar-refractivity contribution in [1.29, 1.82) is 0 Å². The fraction of sp³-hybridized carbons (Fsp3) is 0.500. The number of amides is 3. The maximum atomic E-state index is 12.3. The molecule has 3 amide bonds. The maximum absolute atomic E-state index is 12.3. The van der Waals surface area contributed by atoms with Crippen molar-refractivity contribution < 1.29 is 19.3 Å². The molecular formula is C18H29N4O3+. The Bertz CT molecular complexity index is 599. The zero-order chi connectivity index (χ0) is 19.0. The summed E-state index contributed by atoms with van der Waals surface area (Å²) in [6.07, 6.45) is 0. The molecule has 4 N–H and O–H groups in total. The van der Waals surface area contributed by atoms with Crippen molar-refractivity contribution in [2.45, 2.75) is 46.7 Å². The summed E-state index contributed by atoms with van der Waals surface area (Å²) in [7, 11) is 0. The van der Waals surface area contributed by atoms with Crippen LogP contribution in [0, 0.1) is 0 Å². The lowest BCUT2D eigenvalue weighted by Gasteiger charge is -2.24. The van der Waals surface area contributed by atoms with Crippen LogP contribution in [-0.2, 0) is 14.4 Å². The van der Waals surface area contributed by atoms with Crippen LogP contribution in [0.1, 0.15) is 34.6 Å². The molecule has 1 rings (SSSR count). The molecule has 25 heavy (non-hydrogen) atoms. The van der Waals surface area contributed by atoms with Gasteiger partial charge in [0, 0.05) is 24.3 Å². The van der Waals surface area contributed by atoms with E-state index in [9.17, 15) is 14.4 Å². The summed E-state index contributed by atoms with van der Waals surface area (Å²) in [6.45, 7) is 9.91. The highest BCUT2D eigenvalue weighted by atomic mass is 16.2. The van der Waals surface area contributed by atoms with Gasteiger partial charge in [0.2, 0.25) is 5.91 Å². The quantitative estimate of drug-likeness (QED) is 0.547. The number of hydrogen-bond acceptors (Lipinski definition) is 3. The highest BCUT2D eigenvalue weighted by Crippen LogP contribution is 2.13. The van der Waals surface area contributed by atoms with Gasteiger partial charge in [-0.2, -0.15) is 0 Å². The van der Waals surface area contributed by atoms with Crippen molar-refractivity contribution >= 4 is 29.1 Å². The summed E-state index contributed by atoms with van der Waals surface area (Å²) >= 11 is 0. The normalized spacial score (nSPS) is 13.0. The minimum Gasteiger partial charge on any atom is -0.349 e. The summed E-state index contributed by atoms with van der Waals surface area (Å²) < 4.78 is 0. The highest BCUT2D eigenvalue weighted by molar-refractivity contribution is 5.92. The molecular weight excluding hydrogens is 320 g/mol. The van der Waals surface area contributed by atoms with Crippen LogP contribution in [-0.4, -0.2) is 42.9 Å². The molecule has 0 aliphatic carbocycles. The smallest absolute Gasteiger partial charge is 0.279 e. The Kier molecular flexibility index (Phi) is 8.07. The minimum absolute atomic E-state index is 0.0562. The van der Waals surface area contributed by atoms with Gasteiger partial charge >= 0.3 is 0 Å². The topological polar surface area (TPSA) is 91.7 Å². The van der Waals surface area contributed by atoms with E-state index in [0.717, 1.165) is 4.90 Å². The molecule has 1 unspecified atom stereocenters. The first-order chi connectivity index (χ1) is 11.7. The molecule has 0 bridgehead atoms. The largest absolute Gasteiger partial charge is 0.349 e. The van der Waals surface area contributed by atoms with Gasteiger partial charge in [-0.25, -0.2) is 0 Å². The molecule has 0 saturated carbocycles. The Labute approximate surface area is 149 Å². The van der Waals surface area contributed by atoms with E-state index >= 15 is 0 Å². The van der Waals surface area contributed by atoms with Crippen molar-refractivity contribution in [3.05, 3.63) is 24.3 Å². The van der Waals surface area contributed by atoms with Crippen molar-refractivity contribution in [1.82, 2.24) is 5.32 Å². The molecule has 0 saturated heterocycles. The van der Waals surface area contributed by atoms with Gasteiger partial charge in [-0.15, -0.1) is 0 Å². The molecule has 7 heteroatoms. The fourth-order valence-corrected chi connectivity index (χ4v) is 2.43.